The first-order valence-corrected chi connectivity index (χ1v) is 11.5. The van der Waals surface area contributed by atoms with E-state index in [9.17, 15) is 4.79 Å². The van der Waals surface area contributed by atoms with Crippen molar-refractivity contribution in [1.82, 2.24) is 4.90 Å². The number of carboxylic acid groups (broad SMARTS) is 1. The number of carbonyl (C=O) groups excluding carboxylic acids is 1. The monoisotopic (exact) mass is 427 g/mol. The molecule has 0 aliphatic heterocycles. The zero-order chi connectivity index (χ0) is 22.9. The molecule has 0 fully saturated rings. The molecule has 0 saturated carbocycles. The van der Waals surface area contributed by atoms with Gasteiger partial charge in [0, 0.05) is 26.4 Å². The van der Waals surface area contributed by atoms with Crippen molar-refractivity contribution in [2.45, 2.75) is 90.9 Å². The van der Waals surface area contributed by atoms with Crippen molar-refractivity contribution < 1.29 is 24.9 Å². The van der Waals surface area contributed by atoms with Crippen molar-refractivity contribution in [3.8, 4) is 0 Å². The number of nitrogens with zero attached hydrogens (tertiary/aromatic N) is 1. The van der Waals surface area contributed by atoms with Crippen LogP contribution in [-0.2, 0) is 9.59 Å². The highest BCUT2D eigenvalue weighted by atomic mass is 16.4. The number of amides is 1. The molecule has 0 unspecified atom stereocenters. The molecule has 0 radical (unpaired) electrons. The largest absolute Gasteiger partial charge is 0.481 e. The van der Waals surface area contributed by atoms with Gasteiger partial charge in [0.1, 0.15) is 0 Å². The van der Waals surface area contributed by atoms with E-state index in [0.717, 1.165) is 32.6 Å². The zero-order valence-electron chi connectivity index (χ0n) is 19.2. The predicted molar refractivity (Wildman–Crippen MR) is 123 cm³/mol. The Balaban J connectivity index is 0. The summed E-state index contributed by atoms with van der Waals surface area (Å²) in [5, 5.41) is 25.3. The molecule has 0 saturated heterocycles. The van der Waals surface area contributed by atoms with Crippen molar-refractivity contribution in [1.29, 1.82) is 0 Å². The lowest BCUT2D eigenvalue weighted by Crippen LogP contribution is -2.35. The zero-order valence-corrected chi connectivity index (χ0v) is 19.2. The maximum absolute atomic E-state index is 11.9. The first-order valence-electron chi connectivity index (χ1n) is 11.5. The summed E-state index contributed by atoms with van der Waals surface area (Å²) < 4.78 is 0. The minimum absolute atomic E-state index is 0.0405. The van der Waals surface area contributed by atoms with Crippen LogP contribution < -0.4 is 0 Å². The smallest absolute Gasteiger partial charge is 0.300 e. The highest BCUT2D eigenvalue weighted by Gasteiger charge is 2.11. The van der Waals surface area contributed by atoms with Gasteiger partial charge in [-0.2, -0.15) is 0 Å². The third kappa shape index (κ3) is 26.3. The Morgan fingerprint density at radius 3 is 1.73 bits per heavy atom. The molecule has 6 nitrogen and oxygen atoms in total. The lowest BCUT2D eigenvalue weighted by atomic mass is 10.1. The molecule has 0 spiro atoms. The van der Waals surface area contributed by atoms with E-state index < -0.39 is 5.97 Å². The van der Waals surface area contributed by atoms with Crippen molar-refractivity contribution in [3.05, 3.63) is 24.3 Å². The molecule has 3 N–H and O–H groups in total. The Labute approximate surface area is 183 Å². The Bertz CT molecular complexity index is 439. The fourth-order valence-corrected chi connectivity index (χ4v) is 2.85. The Morgan fingerprint density at radius 1 is 0.767 bits per heavy atom. The second kappa shape index (κ2) is 25.4. The van der Waals surface area contributed by atoms with E-state index in [1.165, 1.54) is 44.9 Å². The molecule has 176 valence electrons. The number of carbonyl (C=O) groups is 2. The maximum atomic E-state index is 11.9. The number of carboxylic acids is 1. The van der Waals surface area contributed by atoms with Crippen molar-refractivity contribution in [2.75, 3.05) is 26.3 Å². The van der Waals surface area contributed by atoms with Gasteiger partial charge in [0.25, 0.3) is 5.97 Å². The molecule has 0 aromatic rings. The SMILES string of the molecule is CC(=O)O.CCCCC/C=C/C/C=C/CCCCCCCC(=O)N(CCO)CCO. The van der Waals surface area contributed by atoms with Crippen LogP contribution in [0.4, 0.5) is 0 Å². The molecule has 1 amide bonds. The van der Waals surface area contributed by atoms with Crippen LogP contribution in [0.2, 0.25) is 0 Å². The summed E-state index contributed by atoms with van der Waals surface area (Å²) in [6, 6.07) is 0. The van der Waals surface area contributed by atoms with E-state index in [1.54, 1.807) is 4.90 Å². The normalized spacial score (nSPS) is 10.9. The van der Waals surface area contributed by atoms with Gasteiger partial charge in [0.05, 0.1) is 13.2 Å². The molecule has 0 atom stereocenters. The summed E-state index contributed by atoms with van der Waals surface area (Å²) in [7, 11) is 0. The van der Waals surface area contributed by atoms with E-state index in [4.69, 9.17) is 20.1 Å². The molecule has 0 aromatic heterocycles. The van der Waals surface area contributed by atoms with Crippen molar-refractivity contribution in [2.24, 2.45) is 0 Å². The molecule has 0 bridgehead atoms. The van der Waals surface area contributed by atoms with Gasteiger partial charge < -0.3 is 20.2 Å². The van der Waals surface area contributed by atoms with Gasteiger partial charge in [0.15, 0.2) is 0 Å². The molecule has 0 aromatic carbocycles. The number of aliphatic hydroxyl groups excluding tert-OH is 2. The summed E-state index contributed by atoms with van der Waals surface area (Å²) >= 11 is 0. The summed E-state index contributed by atoms with van der Waals surface area (Å²) in [4.78, 5) is 22.5. The Morgan fingerprint density at radius 2 is 1.23 bits per heavy atom. The third-order valence-electron chi connectivity index (χ3n) is 4.43. The van der Waals surface area contributed by atoms with Crippen LogP contribution in [-0.4, -0.2) is 58.4 Å². The van der Waals surface area contributed by atoms with Crippen molar-refractivity contribution >= 4 is 11.9 Å². The second-order valence-electron chi connectivity index (χ2n) is 7.33. The summed E-state index contributed by atoms with van der Waals surface area (Å²) in [5.74, 6) is -0.793. The molecule has 6 heteroatoms. The third-order valence-corrected chi connectivity index (χ3v) is 4.43. The molecule has 0 heterocycles. The van der Waals surface area contributed by atoms with Crippen LogP contribution >= 0.6 is 0 Å². The molecule has 0 aliphatic rings. The molecule has 30 heavy (non-hydrogen) atoms. The van der Waals surface area contributed by atoms with Gasteiger partial charge in [-0.15, -0.1) is 0 Å². The number of unbranched alkanes of at least 4 members (excludes halogenated alkanes) is 8. The predicted octanol–water partition coefficient (Wildman–Crippen LogP) is 4.70. The highest BCUT2D eigenvalue weighted by molar-refractivity contribution is 5.76. The van der Waals surface area contributed by atoms with Crippen LogP contribution in [0.15, 0.2) is 24.3 Å². The first kappa shape index (κ1) is 30.5. The van der Waals surface area contributed by atoms with Crippen LogP contribution in [0.5, 0.6) is 0 Å². The van der Waals surface area contributed by atoms with Gasteiger partial charge in [-0.05, 0) is 38.5 Å². The highest BCUT2D eigenvalue weighted by Crippen LogP contribution is 2.09. The van der Waals surface area contributed by atoms with E-state index in [1.807, 2.05) is 0 Å². The average molecular weight is 428 g/mol. The number of rotatable bonds is 18. The van der Waals surface area contributed by atoms with E-state index in [0.29, 0.717) is 19.5 Å². The molecule has 0 aliphatic carbocycles. The van der Waals surface area contributed by atoms with Gasteiger partial charge in [-0.1, -0.05) is 63.3 Å². The number of aliphatic hydroxyl groups is 2. The van der Waals surface area contributed by atoms with Gasteiger partial charge in [-0.25, -0.2) is 0 Å². The fraction of sp³-hybridized carbons (Fsp3) is 0.750. The van der Waals surface area contributed by atoms with Gasteiger partial charge in [-0.3, -0.25) is 9.59 Å². The number of aliphatic carboxylic acids is 1. The standard InChI is InChI=1S/C22H41NO3.C2H4O2/c1-2-3-4-5-6-7-8-9-10-11-12-13-14-15-16-17-22(26)23(18-20-24)19-21-25;1-2(3)4/h6-7,9-10,24-25H,2-5,8,11-21H2,1H3;1H3,(H,3,4)/b7-6+,10-9+;. The summed E-state index contributed by atoms with van der Waals surface area (Å²) in [5.41, 5.74) is 0. The summed E-state index contributed by atoms with van der Waals surface area (Å²) in [6.07, 6.45) is 22.5. The number of allylic oxidation sites excluding steroid dienone is 4. The topological polar surface area (TPSA) is 98.1 Å². The van der Waals surface area contributed by atoms with Crippen LogP contribution in [0, 0.1) is 0 Å². The second-order valence-corrected chi connectivity index (χ2v) is 7.33. The van der Waals surface area contributed by atoms with Crippen molar-refractivity contribution in [3.63, 3.8) is 0 Å². The quantitative estimate of drug-likeness (QED) is 0.217. The van der Waals surface area contributed by atoms with Gasteiger partial charge in [0.2, 0.25) is 5.91 Å². The molecular weight excluding hydrogens is 382 g/mol. The lowest BCUT2D eigenvalue weighted by molar-refractivity contribution is -0.134. The average Bonchev–Trinajstić information content (AvgIpc) is 2.70. The maximum Gasteiger partial charge on any atom is 0.300 e. The first-order chi connectivity index (χ1) is 14.5. The van der Waals surface area contributed by atoms with Crippen LogP contribution in [0.1, 0.15) is 90.9 Å². The Kier molecular flexibility index (Phi) is 25.8. The Hall–Kier alpha value is -1.66. The number of hydrogen-bond donors (Lipinski definition) is 3. The number of hydrogen-bond acceptors (Lipinski definition) is 4. The minimum atomic E-state index is -0.833. The van der Waals surface area contributed by atoms with Gasteiger partial charge >= 0.3 is 0 Å². The van der Waals surface area contributed by atoms with E-state index in [-0.39, 0.29) is 19.1 Å². The van der Waals surface area contributed by atoms with E-state index >= 15 is 0 Å². The lowest BCUT2D eigenvalue weighted by Gasteiger charge is -2.20. The van der Waals surface area contributed by atoms with Crippen LogP contribution in [0.25, 0.3) is 0 Å². The summed E-state index contributed by atoms with van der Waals surface area (Å²) in [6.45, 7) is 3.86. The minimum Gasteiger partial charge on any atom is -0.481 e. The van der Waals surface area contributed by atoms with E-state index in [2.05, 4.69) is 31.2 Å². The molecule has 0 rings (SSSR count). The fourth-order valence-electron chi connectivity index (χ4n) is 2.85. The molecular formula is C24H45NO5. The van der Waals surface area contributed by atoms with Crippen LogP contribution in [0.3, 0.4) is 0 Å².